The van der Waals surface area contributed by atoms with Gasteiger partial charge in [0, 0.05) is 31.1 Å². The first-order valence-electron chi connectivity index (χ1n) is 11.4. The first-order chi connectivity index (χ1) is 17.2. The first-order valence-corrected chi connectivity index (χ1v) is 13.6. The molecule has 1 fully saturated rings. The molecule has 1 heterocycles. The number of hydrogen-bond acceptors (Lipinski definition) is 4. The van der Waals surface area contributed by atoms with Crippen molar-refractivity contribution in [1.29, 1.82) is 0 Å². The minimum Gasteiger partial charge on any atom is -0.350 e. The Kier molecular flexibility index (Phi) is 8.18. The van der Waals surface area contributed by atoms with Crippen LogP contribution in [0.4, 0.5) is 5.69 Å². The van der Waals surface area contributed by atoms with Crippen molar-refractivity contribution >= 4 is 50.7 Å². The van der Waals surface area contributed by atoms with Crippen LogP contribution in [0.25, 0.3) is 0 Å². The molecule has 0 spiro atoms. The number of halogens is 2. The molecule has 2 amide bonds. The summed E-state index contributed by atoms with van der Waals surface area (Å²) in [6.45, 7) is 1.10. The fourth-order valence-electron chi connectivity index (χ4n) is 3.94. The maximum Gasteiger partial charge on any atom is 0.264 e. The normalized spacial score (nSPS) is 13.6. The summed E-state index contributed by atoms with van der Waals surface area (Å²) in [6.07, 6.45) is 1.49. The molecule has 10 heteroatoms. The van der Waals surface area contributed by atoms with Gasteiger partial charge in [-0.3, -0.25) is 13.9 Å². The number of likely N-dealkylation sites (tertiary alicyclic amines) is 1. The van der Waals surface area contributed by atoms with Crippen molar-refractivity contribution in [2.45, 2.75) is 30.8 Å². The summed E-state index contributed by atoms with van der Waals surface area (Å²) < 4.78 is 27.8. The summed E-state index contributed by atoms with van der Waals surface area (Å²) in [6, 6.07) is 19.9. The summed E-state index contributed by atoms with van der Waals surface area (Å²) in [5, 5.41) is 3.24. The Morgan fingerprint density at radius 1 is 0.972 bits per heavy atom. The molecule has 0 unspecified atom stereocenters. The highest BCUT2D eigenvalue weighted by atomic mass is 35.5. The van der Waals surface area contributed by atoms with Crippen LogP contribution in [-0.4, -0.2) is 38.2 Å². The third-order valence-electron chi connectivity index (χ3n) is 5.85. The molecular formula is C26H25Cl2N3O4S. The summed E-state index contributed by atoms with van der Waals surface area (Å²) in [4.78, 5) is 26.6. The Morgan fingerprint density at radius 3 is 2.31 bits per heavy atom. The molecule has 3 aromatic carbocycles. The van der Waals surface area contributed by atoms with Crippen LogP contribution in [0.1, 0.15) is 24.0 Å². The van der Waals surface area contributed by atoms with E-state index in [9.17, 15) is 18.0 Å². The number of anilines is 1. The van der Waals surface area contributed by atoms with Crippen molar-refractivity contribution in [3.63, 3.8) is 0 Å². The van der Waals surface area contributed by atoms with Gasteiger partial charge in [0.25, 0.3) is 10.0 Å². The van der Waals surface area contributed by atoms with E-state index in [-0.39, 0.29) is 28.1 Å². The highest BCUT2D eigenvalue weighted by Gasteiger charge is 2.28. The van der Waals surface area contributed by atoms with E-state index in [2.05, 4.69) is 5.32 Å². The summed E-state index contributed by atoms with van der Waals surface area (Å²) >= 11 is 12.3. The molecular weight excluding hydrogens is 521 g/mol. The highest BCUT2D eigenvalue weighted by Crippen LogP contribution is 2.32. The lowest BCUT2D eigenvalue weighted by Crippen LogP contribution is -2.40. The predicted octanol–water partition coefficient (Wildman–Crippen LogP) is 4.63. The van der Waals surface area contributed by atoms with Crippen LogP contribution in [0.2, 0.25) is 10.0 Å². The van der Waals surface area contributed by atoms with E-state index in [0.29, 0.717) is 18.0 Å². The average molecular weight is 546 g/mol. The van der Waals surface area contributed by atoms with Crippen molar-refractivity contribution in [3.05, 3.63) is 94.0 Å². The van der Waals surface area contributed by atoms with Crippen LogP contribution >= 0.6 is 23.2 Å². The topological polar surface area (TPSA) is 86.8 Å². The van der Waals surface area contributed by atoms with Gasteiger partial charge >= 0.3 is 0 Å². The van der Waals surface area contributed by atoms with E-state index < -0.39 is 22.5 Å². The molecule has 7 nitrogen and oxygen atoms in total. The lowest BCUT2D eigenvalue weighted by atomic mass is 10.1. The molecule has 4 rings (SSSR count). The van der Waals surface area contributed by atoms with E-state index in [0.717, 1.165) is 28.4 Å². The number of benzene rings is 3. The number of rotatable bonds is 9. The highest BCUT2D eigenvalue weighted by molar-refractivity contribution is 7.92. The number of amides is 2. The molecule has 1 aliphatic rings. The van der Waals surface area contributed by atoms with Crippen LogP contribution in [0.15, 0.2) is 77.7 Å². The lowest BCUT2D eigenvalue weighted by Gasteiger charge is -2.25. The molecule has 1 N–H and O–H groups in total. The van der Waals surface area contributed by atoms with E-state index in [4.69, 9.17) is 23.2 Å². The van der Waals surface area contributed by atoms with E-state index in [1.54, 1.807) is 18.2 Å². The van der Waals surface area contributed by atoms with Crippen molar-refractivity contribution < 1.29 is 18.0 Å². The van der Waals surface area contributed by atoms with Gasteiger partial charge in [-0.15, -0.1) is 0 Å². The van der Waals surface area contributed by atoms with Crippen LogP contribution in [0.3, 0.4) is 0 Å². The zero-order valence-corrected chi connectivity index (χ0v) is 21.7. The Morgan fingerprint density at radius 2 is 1.67 bits per heavy atom. The molecule has 0 aromatic heterocycles. The number of hydrogen-bond donors (Lipinski definition) is 1. The molecule has 0 aliphatic carbocycles. The Hall–Kier alpha value is -3.07. The van der Waals surface area contributed by atoms with Gasteiger partial charge in [-0.25, -0.2) is 8.42 Å². The van der Waals surface area contributed by atoms with Gasteiger partial charge in [0.2, 0.25) is 11.8 Å². The molecule has 3 aromatic rings. The number of nitrogens with one attached hydrogen (secondary N) is 1. The van der Waals surface area contributed by atoms with Crippen molar-refractivity contribution in [1.82, 2.24) is 10.2 Å². The number of nitrogens with zero attached hydrogens (tertiary/aromatic N) is 2. The van der Waals surface area contributed by atoms with Crippen molar-refractivity contribution in [2.24, 2.45) is 0 Å². The van der Waals surface area contributed by atoms with Crippen molar-refractivity contribution in [2.75, 3.05) is 17.4 Å². The minimum absolute atomic E-state index is 0.0379. The smallest absolute Gasteiger partial charge is 0.264 e. The second-order valence-electron chi connectivity index (χ2n) is 8.43. The summed E-state index contributed by atoms with van der Waals surface area (Å²) in [7, 11) is -4.08. The number of carbonyl (C=O) groups excluding carboxylic acids is 2. The van der Waals surface area contributed by atoms with E-state index in [1.165, 1.54) is 30.3 Å². The minimum atomic E-state index is -4.08. The third-order valence-corrected chi connectivity index (χ3v) is 8.17. The van der Waals surface area contributed by atoms with Gasteiger partial charge in [0.15, 0.2) is 0 Å². The Balaban J connectivity index is 1.46. The molecule has 36 heavy (non-hydrogen) atoms. The lowest BCUT2D eigenvalue weighted by molar-refractivity contribution is -0.128. The van der Waals surface area contributed by atoms with Crippen molar-refractivity contribution in [3.8, 4) is 0 Å². The zero-order chi connectivity index (χ0) is 25.7. The summed E-state index contributed by atoms with van der Waals surface area (Å²) in [5.74, 6) is -0.325. The molecule has 188 valence electrons. The second-order valence-corrected chi connectivity index (χ2v) is 11.1. The fourth-order valence-corrected chi connectivity index (χ4v) is 5.97. The maximum absolute atomic E-state index is 13.4. The molecule has 0 saturated carbocycles. The van der Waals surface area contributed by atoms with Crippen LogP contribution < -0.4 is 9.62 Å². The van der Waals surface area contributed by atoms with Gasteiger partial charge in [-0.05, 0) is 47.9 Å². The monoisotopic (exact) mass is 545 g/mol. The third kappa shape index (κ3) is 6.19. The quantitative estimate of drug-likeness (QED) is 0.424. The maximum atomic E-state index is 13.4. The van der Waals surface area contributed by atoms with Gasteiger partial charge in [0.1, 0.15) is 6.54 Å². The Labute approximate surface area is 220 Å². The molecule has 0 atom stereocenters. The van der Waals surface area contributed by atoms with Crippen LogP contribution in [0.5, 0.6) is 0 Å². The SMILES string of the molecule is O=C(CN(c1ccc(Cl)cc1Cl)S(=O)(=O)c1ccccc1)NCc1ccc(CN2CCCC2=O)cc1. The Bertz CT molecular complexity index is 1350. The first kappa shape index (κ1) is 26.0. The number of carbonyl (C=O) groups is 2. The van der Waals surface area contributed by atoms with Crippen LogP contribution in [-0.2, 0) is 32.7 Å². The molecule has 1 saturated heterocycles. The zero-order valence-electron chi connectivity index (χ0n) is 19.4. The van der Waals surface area contributed by atoms with Gasteiger partial charge in [-0.1, -0.05) is 65.7 Å². The number of sulfonamides is 1. The molecule has 0 bridgehead atoms. The predicted molar refractivity (Wildman–Crippen MR) is 140 cm³/mol. The van der Waals surface area contributed by atoms with Gasteiger partial charge in [0.05, 0.1) is 15.6 Å². The fraction of sp³-hybridized carbons (Fsp3) is 0.231. The average Bonchev–Trinajstić information content (AvgIpc) is 3.27. The summed E-state index contributed by atoms with van der Waals surface area (Å²) in [5.41, 5.74) is 2.01. The van der Waals surface area contributed by atoms with E-state index in [1.807, 2.05) is 29.2 Å². The molecule has 1 aliphatic heterocycles. The largest absolute Gasteiger partial charge is 0.350 e. The second kappa shape index (κ2) is 11.3. The van der Waals surface area contributed by atoms with Crippen LogP contribution in [0, 0.1) is 0 Å². The molecule has 0 radical (unpaired) electrons. The standard InChI is InChI=1S/C26H25Cl2N3O4S/c27-21-12-13-24(23(28)15-21)31(36(34,35)22-5-2-1-3-6-22)18-25(32)29-16-19-8-10-20(11-9-19)17-30-14-4-7-26(30)33/h1-3,5-6,8-13,15H,4,7,14,16-18H2,(H,29,32). The van der Waals surface area contributed by atoms with Gasteiger partial charge in [-0.2, -0.15) is 0 Å². The van der Waals surface area contributed by atoms with E-state index >= 15 is 0 Å². The van der Waals surface area contributed by atoms with Gasteiger partial charge < -0.3 is 10.2 Å².